The molecule has 0 saturated heterocycles. The van der Waals surface area contributed by atoms with E-state index in [2.05, 4.69) is 123 Å². The number of esters is 2. The second-order valence-corrected chi connectivity index (χ2v) is 21.5. The lowest BCUT2D eigenvalue weighted by atomic mass is 10.0. The number of hydrogen-bond acceptors (Lipinski definition) is 5. The molecule has 0 saturated carbocycles. The standard InChI is InChI=1S/C71H122O5/c1-3-5-7-9-11-13-15-17-19-21-23-25-27-29-31-33-34-35-36-38-40-42-44-46-48-50-52-54-56-58-60-62-64-66-71(74)76-69(67-72)68-75-70(73)65-63-61-59-57-55-53-51-49-47-45-43-41-39-37-32-30-28-26-24-22-20-18-16-14-12-10-8-6-4-2/h5,7,11,13,17,19,23,25,29,31,34-35,38,40,44,46,50,52,69,72H,3-4,6,8-10,12,14-16,18,20-22,24,26-28,30,32-33,36-37,39,41-43,45,47-49,51,53-68H2,1-2H3/b7-5-,13-11-,19-17-,25-23-,31-29-,35-34-,40-38-,46-44-,52-50-. The predicted molar refractivity (Wildman–Crippen MR) is 334 cm³/mol. The highest BCUT2D eigenvalue weighted by molar-refractivity contribution is 5.70. The Hall–Kier alpha value is -3.44. The van der Waals surface area contributed by atoms with Crippen molar-refractivity contribution in [1.82, 2.24) is 0 Å². The molecule has 0 aromatic heterocycles. The van der Waals surface area contributed by atoms with Crippen LogP contribution in [0, 0.1) is 0 Å². The van der Waals surface area contributed by atoms with Crippen LogP contribution in [-0.4, -0.2) is 36.4 Å². The summed E-state index contributed by atoms with van der Waals surface area (Å²) in [5.74, 6) is -0.607. The van der Waals surface area contributed by atoms with Crippen molar-refractivity contribution < 1.29 is 24.2 Å². The minimum atomic E-state index is -0.790. The molecule has 0 aliphatic carbocycles. The minimum Gasteiger partial charge on any atom is -0.462 e. The van der Waals surface area contributed by atoms with Gasteiger partial charge >= 0.3 is 11.9 Å². The Labute approximate surface area is 471 Å². The van der Waals surface area contributed by atoms with E-state index in [0.29, 0.717) is 12.8 Å². The van der Waals surface area contributed by atoms with Crippen LogP contribution in [0.1, 0.15) is 309 Å². The lowest BCUT2D eigenvalue weighted by Gasteiger charge is -2.15. The summed E-state index contributed by atoms with van der Waals surface area (Å²) in [4.78, 5) is 24.6. The van der Waals surface area contributed by atoms with Gasteiger partial charge in [0.25, 0.3) is 0 Å². The van der Waals surface area contributed by atoms with Gasteiger partial charge in [-0.15, -0.1) is 0 Å². The van der Waals surface area contributed by atoms with Crippen LogP contribution in [0.25, 0.3) is 0 Å². The van der Waals surface area contributed by atoms with Crippen molar-refractivity contribution in [3.63, 3.8) is 0 Å². The first-order valence-corrected chi connectivity index (χ1v) is 32.4. The maximum atomic E-state index is 12.3. The average molecular weight is 1060 g/mol. The molecular weight excluding hydrogens is 933 g/mol. The maximum absolute atomic E-state index is 12.3. The first-order chi connectivity index (χ1) is 37.6. The van der Waals surface area contributed by atoms with Crippen LogP contribution in [0.4, 0.5) is 0 Å². The zero-order chi connectivity index (χ0) is 54.8. The molecule has 0 bridgehead atoms. The second-order valence-electron chi connectivity index (χ2n) is 21.5. The smallest absolute Gasteiger partial charge is 0.306 e. The monoisotopic (exact) mass is 1050 g/mol. The van der Waals surface area contributed by atoms with Gasteiger partial charge in [0.15, 0.2) is 6.10 Å². The Bertz CT molecular complexity index is 1470. The predicted octanol–water partition coefficient (Wildman–Crippen LogP) is 22.4. The highest BCUT2D eigenvalue weighted by atomic mass is 16.6. The molecule has 0 rings (SSSR count). The Kier molecular flexibility index (Phi) is 62.9. The fourth-order valence-corrected chi connectivity index (χ4v) is 9.26. The molecule has 0 aromatic rings. The van der Waals surface area contributed by atoms with Crippen LogP contribution in [-0.2, 0) is 19.1 Å². The first-order valence-electron chi connectivity index (χ1n) is 32.4. The summed E-state index contributed by atoms with van der Waals surface area (Å²) in [7, 11) is 0. The number of carbonyl (C=O) groups excluding carboxylic acids is 2. The van der Waals surface area contributed by atoms with Gasteiger partial charge in [0, 0.05) is 12.8 Å². The van der Waals surface area contributed by atoms with Crippen LogP contribution in [0.15, 0.2) is 109 Å². The molecule has 0 fully saturated rings. The van der Waals surface area contributed by atoms with E-state index in [-0.39, 0.29) is 25.2 Å². The van der Waals surface area contributed by atoms with Gasteiger partial charge in [-0.2, -0.15) is 0 Å². The number of allylic oxidation sites excluding steroid dienone is 18. The topological polar surface area (TPSA) is 72.8 Å². The van der Waals surface area contributed by atoms with Crippen molar-refractivity contribution in [3.05, 3.63) is 109 Å². The zero-order valence-electron chi connectivity index (χ0n) is 50.0. The van der Waals surface area contributed by atoms with Gasteiger partial charge in [0.05, 0.1) is 6.61 Å². The number of unbranched alkanes of at least 4 members (excludes halogenated alkanes) is 33. The summed E-state index contributed by atoms with van der Waals surface area (Å²) in [6, 6.07) is 0. The maximum Gasteiger partial charge on any atom is 0.306 e. The van der Waals surface area contributed by atoms with Crippen LogP contribution in [0.5, 0.6) is 0 Å². The molecule has 0 heterocycles. The Balaban J connectivity index is 3.54. The largest absolute Gasteiger partial charge is 0.462 e. The molecule has 0 amide bonds. The fourth-order valence-electron chi connectivity index (χ4n) is 9.26. The molecule has 0 spiro atoms. The number of aliphatic hydroxyl groups excluding tert-OH is 1. The van der Waals surface area contributed by atoms with E-state index in [1.807, 2.05) is 0 Å². The number of rotatable bonds is 59. The molecule has 1 N–H and O–H groups in total. The summed E-state index contributed by atoms with van der Waals surface area (Å²) < 4.78 is 10.7. The highest BCUT2D eigenvalue weighted by Gasteiger charge is 2.16. The average Bonchev–Trinajstić information content (AvgIpc) is 3.42. The first kappa shape index (κ1) is 72.6. The Morgan fingerprint density at radius 1 is 0.316 bits per heavy atom. The lowest BCUT2D eigenvalue weighted by Crippen LogP contribution is -2.28. The van der Waals surface area contributed by atoms with Crippen molar-refractivity contribution in [3.8, 4) is 0 Å². The summed E-state index contributed by atoms with van der Waals surface area (Å²) in [6.07, 6.45) is 95.2. The molecule has 76 heavy (non-hydrogen) atoms. The molecule has 0 aliphatic heterocycles. The fraction of sp³-hybridized carbons (Fsp3) is 0.718. The highest BCUT2D eigenvalue weighted by Crippen LogP contribution is 2.17. The lowest BCUT2D eigenvalue weighted by molar-refractivity contribution is -0.161. The van der Waals surface area contributed by atoms with Crippen LogP contribution in [0.3, 0.4) is 0 Å². The molecule has 0 radical (unpaired) electrons. The number of aliphatic hydroxyl groups is 1. The molecule has 5 heteroatoms. The minimum absolute atomic E-state index is 0.0767. The van der Waals surface area contributed by atoms with Gasteiger partial charge in [-0.05, 0) is 83.5 Å². The third-order valence-electron chi connectivity index (χ3n) is 14.1. The van der Waals surface area contributed by atoms with Gasteiger partial charge in [-0.3, -0.25) is 9.59 Å². The van der Waals surface area contributed by atoms with E-state index in [1.54, 1.807) is 0 Å². The quantitative estimate of drug-likeness (QED) is 0.0373. The van der Waals surface area contributed by atoms with Crippen LogP contribution in [0.2, 0.25) is 0 Å². The van der Waals surface area contributed by atoms with Gasteiger partial charge in [-0.25, -0.2) is 0 Å². The van der Waals surface area contributed by atoms with E-state index in [0.717, 1.165) is 116 Å². The van der Waals surface area contributed by atoms with Gasteiger partial charge in [0.2, 0.25) is 0 Å². The number of ether oxygens (including phenoxy) is 2. The summed E-state index contributed by atoms with van der Waals surface area (Å²) in [5.41, 5.74) is 0. The molecule has 0 aliphatic rings. The molecule has 5 nitrogen and oxygen atoms in total. The number of hydrogen-bond donors (Lipinski definition) is 1. The van der Waals surface area contributed by atoms with Gasteiger partial charge in [-0.1, -0.05) is 322 Å². The van der Waals surface area contributed by atoms with E-state index >= 15 is 0 Å². The summed E-state index contributed by atoms with van der Waals surface area (Å²) in [5, 5.41) is 9.68. The number of carbonyl (C=O) groups is 2. The van der Waals surface area contributed by atoms with Gasteiger partial charge < -0.3 is 14.6 Å². The van der Waals surface area contributed by atoms with Crippen molar-refractivity contribution >= 4 is 11.9 Å². The Morgan fingerprint density at radius 2 is 0.566 bits per heavy atom. The van der Waals surface area contributed by atoms with Crippen molar-refractivity contribution in [1.29, 1.82) is 0 Å². The summed E-state index contributed by atoms with van der Waals surface area (Å²) in [6.45, 7) is 4.04. The SMILES string of the molecule is CC/C=C\C/C=C\C/C=C\C/C=C\C/C=C\C/C=C\C/C=C\C/C=C\C/C=C\CCCCCCCC(=O)OC(CO)COC(=O)CCCCCCCCCCCCCCCCCCCCCCCCCCCCCCC. The molecular formula is C71H122O5. The van der Waals surface area contributed by atoms with Crippen molar-refractivity contribution in [2.45, 2.75) is 315 Å². The van der Waals surface area contributed by atoms with E-state index in [1.165, 1.54) is 167 Å². The van der Waals surface area contributed by atoms with Crippen LogP contribution >= 0.6 is 0 Å². The molecule has 1 unspecified atom stereocenters. The second kappa shape index (κ2) is 65.8. The third kappa shape index (κ3) is 63.1. The van der Waals surface area contributed by atoms with E-state index in [4.69, 9.17) is 9.47 Å². The van der Waals surface area contributed by atoms with E-state index in [9.17, 15) is 14.7 Å². The van der Waals surface area contributed by atoms with Crippen molar-refractivity contribution in [2.24, 2.45) is 0 Å². The van der Waals surface area contributed by atoms with E-state index < -0.39 is 6.10 Å². The zero-order valence-corrected chi connectivity index (χ0v) is 50.0. The normalized spacial score (nSPS) is 12.9. The molecule has 436 valence electrons. The van der Waals surface area contributed by atoms with Crippen LogP contribution < -0.4 is 0 Å². The van der Waals surface area contributed by atoms with Gasteiger partial charge in [0.1, 0.15) is 6.61 Å². The summed E-state index contributed by atoms with van der Waals surface area (Å²) >= 11 is 0. The third-order valence-corrected chi connectivity index (χ3v) is 14.1. The van der Waals surface area contributed by atoms with Crippen molar-refractivity contribution in [2.75, 3.05) is 13.2 Å². The Morgan fingerprint density at radius 3 is 0.855 bits per heavy atom. The molecule has 0 aromatic carbocycles. The molecule has 1 atom stereocenters.